The Morgan fingerprint density at radius 2 is 1.53 bits per heavy atom. The molecule has 0 radical (unpaired) electrons. The molecule has 2 heteroatoms. The van der Waals surface area contributed by atoms with Gasteiger partial charge in [-0.2, -0.15) is 5.26 Å². The van der Waals surface area contributed by atoms with Gasteiger partial charge in [-0.05, 0) is 23.7 Å². The van der Waals surface area contributed by atoms with Crippen molar-refractivity contribution in [3.8, 4) is 6.07 Å². The molecule has 0 N–H and O–H groups in total. The van der Waals surface area contributed by atoms with Gasteiger partial charge in [0.2, 0.25) is 0 Å². The van der Waals surface area contributed by atoms with Gasteiger partial charge in [0.25, 0.3) is 0 Å². The van der Waals surface area contributed by atoms with Crippen molar-refractivity contribution in [2.45, 2.75) is 19.5 Å². The van der Waals surface area contributed by atoms with Gasteiger partial charge in [-0.3, -0.25) is 4.90 Å². The maximum Gasteiger partial charge on any atom is 0.0669 e. The van der Waals surface area contributed by atoms with Gasteiger partial charge in [0.05, 0.1) is 12.5 Å². The van der Waals surface area contributed by atoms with Gasteiger partial charge in [0.1, 0.15) is 0 Å². The first-order valence-electron chi connectivity index (χ1n) is 6.46. The van der Waals surface area contributed by atoms with Gasteiger partial charge in [-0.25, -0.2) is 0 Å². The summed E-state index contributed by atoms with van der Waals surface area (Å²) in [5, 5.41) is 8.85. The second-order valence-corrected chi connectivity index (χ2v) is 4.76. The molecule has 0 saturated carbocycles. The number of nitrogens with zero attached hydrogens (tertiary/aromatic N) is 2. The number of hydrogen-bond donors (Lipinski definition) is 0. The minimum Gasteiger partial charge on any atom is -0.298 e. The van der Waals surface area contributed by atoms with E-state index < -0.39 is 0 Å². The van der Waals surface area contributed by atoms with Crippen molar-refractivity contribution >= 4 is 0 Å². The molecule has 0 aromatic heterocycles. The van der Waals surface area contributed by atoms with E-state index in [9.17, 15) is 0 Å². The zero-order valence-electron chi connectivity index (χ0n) is 11.2. The van der Waals surface area contributed by atoms with Crippen LogP contribution in [0.5, 0.6) is 0 Å². The summed E-state index contributed by atoms with van der Waals surface area (Å²) < 4.78 is 0. The second-order valence-electron chi connectivity index (χ2n) is 4.76. The Bertz CT molecular complexity index is 555. The first-order valence-corrected chi connectivity index (χ1v) is 6.46. The fraction of sp³-hybridized carbons (Fsp3) is 0.235. The fourth-order valence-corrected chi connectivity index (χ4v) is 2.21. The molecule has 0 heterocycles. The molecule has 0 atom stereocenters. The van der Waals surface area contributed by atoms with Crippen LogP contribution in [0.1, 0.15) is 16.7 Å². The van der Waals surface area contributed by atoms with Crippen molar-refractivity contribution in [2.75, 3.05) is 7.05 Å². The summed E-state index contributed by atoms with van der Waals surface area (Å²) in [5.41, 5.74) is 3.68. The lowest BCUT2D eigenvalue weighted by molar-refractivity contribution is 0.318. The van der Waals surface area contributed by atoms with Gasteiger partial charge in [-0.1, -0.05) is 54.6 Å². The average Bonchev–Trinajstić information content (AvgIpc) is 2.42. The van der Waals surface area contributed by atoms with Crippen molar-refractivity contribution in [1.29, 1.82) is 5.26 Å². The van der Waals surface area contributed by atoms with Crippen LogP contribution in [0.2, 0.25) is 0 Å². The number of rotatable bonds is 5. The molecule has 0 unspecified atom stereocenters. The van der Waals surface area contributed by atoms with Gasteiger partial charge in [-0.15, -0.1) is 0 Å². The molecule has 0 spiro atoms. The van der Waals surface area contributed by atoms with Crippen molar-refractivity contribution in [2.24, 2.45) is 0 Å². The molecule has 0 amide bonds. The van der Waals surface area contributed by atoms with E-state index >= 15 is 0 Å². The SMILES string of the molecule is CN(Cc1ccccc1)Cc1ccccc1CC#N. The topological polar surface area (TPSA) is 27.0 Å². The smallest absolute Gasteiger partial charge is 0.0669 e. The Morgan fingerprint density at radius 1 is 0.895 bits per heavy atom. The monoisotopic (exact) mass is 250 g/mol. The Labute approximate surface area is 114 Å². The summed E-state index contributed by atoms with van der Waals surface area (Å²) in [7, 11) is 2.11. The first-order chi connectivity index (χ1) is 9.29. The predicted molar refractivity (Wildman–Crippen MR) is 77.4 cm³/mol. The normalized spacial score (nSPS) is 10.4. The molecule has 0 aliphatic carbocycles. The standard InChI is InChI=1S/C17H18N2/c1-19(13-15-7-3-2-4-8-15)14-17-10-6-5-9-16(17)11-12-18/h2-10H,11,13-14H2,1H3. The first kappa shape index (κ1) is 13.3. The summed E-state index contributed by atoms with van der Waals surface area (Å²) in [6.45, 7) is 1.79. The Balaban J connectivity index is 2.03. The van der Waals surface area contributed by atoms with Crippen LogP contribution < -0.4 is 0 Å². The Kier molecular flexibility index (Phi) is 4.72. The molecule has 96 valence electrons. The lowest BCUT2D eigenvalue weighted by Gasteiger charge is -2.18. The van der Waals surface area contributed by atoms with E-state index in [1.54, 1.807) is 0 Å². The van der Waals surface area contributed by atoms with Gasteiger partial charge < -0.3 is 0 Å². The highest BCUT2D eigenvalue weighted by molar-refractivity contribution is 5.29. The highest BCUT2D eigenvalue weighted by Crippen LogP contribution is 2.13. The fourth-order valence-electron chi connectivity index (χ4n) is 2.21. The third-order valence-electron chi connectivity index (χ3n) is 3.12. The third kappa shape index (κ3) is 3.94. The maximum absolute atomic E-state index is 8.85. The minimum absolute atomic E-state index is 0.481. The lowest BCUT2D eigenvalue weighted by Crippen LogP contribution is -2.18. The molecule has 0 bridgehead atoms. The van der Waals surface area contributed by atoms with Crippen LogP contribution in [0.3, 0.4) is 0 Å². The van der Waals surface area contributed by atoms with E-state index in [4.69, 9.17) is 5.26 Å². The van der Waals surface area contributed by atoms with Crippen molar-refractivity contribution in [3.05, 3.63) is 71.3 Å². The Hall–Kier alpha value is -2.11. The quantitative estimate of drug-likeness (QED) is 0.813. The van der Waals surface area contributed by atoms with Crippen LogP contribution in [-0.2, 0) is 19.5 Å². The molecule has 0 aliphatic heterocycles. The largest absolute Gasteiger partial charge is 0.298 e. The van der Waals surface area contributed by atoms with Gasteiger partial charge in [0, 0.05) is 13.1 Å². The lowest BCUT2D eigenvalue weighted by atomic mass is 10.0. The highest BCUT2D eigenvalue weighted by Gasteiger charge is 2.05. The van der Waals surface area contributed by atoms with Crippen molar-refractivity contribution in [1.82, 2.24) is 4.90 Å². The molecular weight excluding hydrogens is 232 g/mol. The maximum atomic E-state index is 8.85. The zero-order valence-corrected chi connectivity index (χ0v) is 11.2. The van der Waals surface area contributed by atoms with E-state index in [2.05, 4.69) is 48.3 Å². The second kappa shape index (κ2) is 6.72. The molecule has 2 aromatic carbocycles. The molecule has 0 fully saturated rings. The summed E-state index contributed by atoms with van der Waals surface area (Å²) in [6, 6.07) is 20.8. The number of benzene rings is 2. The van der Waals surface area contributed by atoms with Gasteiger partial charge >= 0.3 is 0 Å². The highest BCUT2D eigenvalue weighted by atomic mass is 15.1. The molecular formula is C17H18N2. The Morgan fingerprint density at radius 3 is 2.21 bits per heavy atom. The summed E-state index contributed by atoms with van der Waals surface area (Å²) >= 11 is 0. The van der Waals surface area contributed by atoms with E-state index in [1.165, 1.54) is 11.1 Å². The molecule has 2 nitrogen and oxygen atoms in total. The zero-order chi connectivity index (χ0) is 13.5. The van der Waals surface area contributed by atoms with Crippen LogP contribution in [0.4, 0.5) is 0 Å². The minimum atomic E-state index is 0.481. The molecule has 19 heavy (non-hydrogen) atoms. The van der Waals surface area contributed by atoms with Gasteiger partial charge in [0.15, 0.2) is 0 Å². The van der Waals surface area contributed by atoms with Crippen LogP contribution in [-0.4, -0.2) is 11.9 Å². The van der Waals surface area contributed by atoms with Crippen LogP contribution in [0.25, 0.3) is 0 Å². The van der Waals surface area contributed by atoms with E-state index in [-0.39, 0.29) is 0 Å². The van der Waals surface area contributed by atoms with Crippen LogP contribution >= 0.6 is 0 Å². The number of nitriles is 1. The van der Waals surface area contributed by atoms with E-state index in [0.29, 0.717) is 6.42 Å². The third-order valence-corrected chi connectivity index (χ3v) is 3.12. The van der Waals surface area contributed by atoms with Crippen LogP contribution in [0.15, 0.2) is 54.6 Å². The molecule has 0 aliphatic rings. The van der Waals surface area contributed by atoms with Crippen molar-refractivity contribution in [3.63, 3.8) is 0 Å². The summed E-state index contributed by atoms with van der Waals surface area (Å²) in [4.78, 5) is 2.27. The molecule has 2 aromatic rings. The average molecular weight is 250 g/mol. The van der Waals surface area contributed by atoms with E-state index in [0.717, 1.165) is 18.7 Å². The predicted octanol–water partition coefficient (Wildman–Crippen LogP) is 3.38. The molecule has 0 saturated heterocycles. The van der Waals surface area contributed by atoms with E-state index in [1.807, 2.05) is 24.3 Å². The molecule has 2 rings (SSSR count). The summed E-state index contributed by atoms with van der Waals surface area (Å²) in [6.07, 6.45) is 0.481. The number of hydrogen-bond acceptors (Lipinski definition) is 2. The van der Waals surface area contributed by atoms with Crippen LogP contribution in [0, 0.1) is 11.3 Å². The summed E-state index contributed by atoms with van der Waals surface area (Å²) in [5.74, 6) is 0. The van der Waals surface area contributed by atoms with Crippen molar-refractivity contribution < 1.29 is 0 Å².